The molecule has 7 heteroatoms. The van der Waals surface area contributed by atoms with Crippen molar-refractivity contribution in [1.29, 1.82) is 0 Å². The largest absolute Gasteiger partial charge is 0.465 e. The van der Waals surface area contributed by atoms with Crippen molar-refractivity contribution in [3.8, 4) is 0 Å². The fourth-order valence-electron chi connectivity index (χ4n) is 4.82. The molecule has 158 valence electrons. The number of ether oxygens (including phenoxy) is 3. The van der Waals surface area contributed by atoms with Crippen molar-refractivity contribution in [2.45, 2.75) is 72.9 Å². The minimum Gasteiger partial charge on any atom is -0.465 e. The molecule has 5 nitrogen and oxygen atoms in total. The zero-order valence-corrected chi connectivity index (χ0v) is 18.5. The summed E-state index contributed by atoms with van der Waals surface area (Å²) >= 11 is 4.01. The molecule has 2 saturated carbocycles. The Morgan fingerprint density at radius 3 is 2.07 bits per heavy atom. The van der Waals surface area contributed by atoms with Crippen molar-refractivity contribution in [2.75, 3.05) is 26.9 Å². The molecule has 0 amide bonds. The number of rotatable bonds is 9. The summed E-state index contributed by atoms with van der Waals surface area (Å²) in [7, 11) is 1.64. The third-order valence-corrected chi connectivity index (χ3v) is 9.93. The first-order valence-corrected chi connectivity index (χ1v) is 12.5. The Bertz CT molecular complexity index is 558. The van der Waals surface area contributed by atoms with E-state index in [1.807, 2.05) is 30.4 Å². The fourth-order valence-corrected chi connectivity index (χ4v) is 7.60. The second-order valence-electron chi connectivity index (χ2n) is 9.01. The van der Waals surface area contributed by atoms with Gasteiger partial charge < -0.3 is 14.2 Å². The number of hydrogen-bond acceptors (Lipinski definition) is 7. The van der Waals surface area contributed by atoms with Gasteiger partial charge >= 0.3 is 11.9 Å². The first-order valence-electron chi connectivity index (χ1n) is 10.6. The lowest BCUT2D eigenvalue weighted by Crippen LogP contribution is -2.43. The van der Waals surface area contributed by atoms with Crippen molar-refractivity contribution < 1.29 is 23.8 Å². The van der Waals surface area contributed by atoms with Crippen LogP contribution in [0.25, 0.3) is 0 Å². The summed E-state index contributed by atoms with van der Waals surface area (Å²) in [6.45, 7) is 2.97. The van der Waals surface area contributed by atoms with E-state index in [4.69, 9.17) is 14.2 Å². The minimum atomic E-state index is -0.460. The monoisotopic (exact) mass is 428 g/mol. The molecular formula is C21H32O5S2. The lowest BCUT2D eigenvalue weighted by molar-refractivity contribution is -0.163. The van der Waals surface area contributed by atoms with Gasteiger partial charge in [0.1, 0.15) is 13.2 Å². The Morgan fingerprint density at radius 2 is 1.50 bits per heavy atom. The van der Waals surface area contributed by atoms with E-state index >= 15 is 0 Å². The molecule has 6 unspecified atom stereocenters. The zero-order valence-electron chi connectivity index (χ0n) is 16.9. The van der Waals surface area contributed by atoms with Crippen molar-refractivity contribution in [3.63, 3.8) is 0 Å². The van der Waals surface area contributed by atoms with E-state index in [0.29, 0.717) is 22.4 Å². The van der Waals surface area contributed by atoms with Crippen LogP contribution in [0, 0.1) is 17.3 Å². The van der Waals surface area contributed by atoms with E-state index < -0.39 is 5.41 Å². The number of hydrogen-bond donors (Lipinski definition) is 0. The van der Waals surface area contributed by atoms with Crippen LogP contribution in [0.5, 0.6) is 0 Å². The Kier molecular flexibility index (Phi) is 6.53. The number of thioether (sulfide) groups is 2. The smallest absolute Gasteiger partial charge is 0.309 e. The molecule has 0 radical (unpaired) electrons. The van der Waals surface area contributed by atoms with Gasteiger partial charge in [-0.25, -0.2) is 0 Å². The Hall–Kier alpha value is -0.400. The summed E-state index contributed by atoms with van der Waals surface area (Å²) in [5.41, 5.74) is -0.460. The van der Waals surface area contributed by atoms with Crippen LogP contribution in [0.4, 0.5) is 0 Å². The first-order chi connectivity index (χ1) is 13.5. The highest BCUT2D eigenvalue weighted by Crippen LogP contribution is 2.52. The van der Waals surface area contributed by atoms with Crippen LogP contribution < -0.4 is 0 Å². The topological polar surface area (TPSA) is 61.8 Å². The van der Waals surface area contributed by atoms with E-state index in [0.717, 1.165) is 43.8 Å². The van der Waals surface area contributed by atoms with Gasteiger partial charge in [-0.15, -0.1) is 0 Å². The molecule has 28 heavy (non-hydrogen) atoms. The van der Waals surface area contributed by atoms with E-state index in [1.165, 1.54) is 6.42 Å². The molecule has 0 aromatic heterocycles. The first kappa shape index (κ1) is 20.9. The van der Waals surface area contributed by atoms with Gasteiger partial charge in [0.25, 0.3) is 0 Å². The van der Waals surface area contributed by atoms with Crippen molar-refractivity contribution in [1.82, 2.24) is 0 Å². The molecule has 0 N–H and O–H groups in total. The number of methoxy groups -OCH3 is 1. The molecule has 3 aliphatic heterocycles. The molecule has 0 spiro atoms. The summed E-state index contributed by atoms with van der Waals surface area (Å²) in [5, 5.41) is 2.75. The van der Waals surface area contributed by atoms with E-state index in [-0.39, 0.29) is 37.0 Å². The SMILES string of the molecule is CCC(COC)(COC(=O)C1CC2CC(C1)S2)COC(=O)C1CCC2SC2C1. The van der Waals surface area contributed by atoms with Crippen LogP contribution in [0.2, 0.25) is 0 Å². The van der Waals surface area contributed by atoms with Crippen molar-refractivity contribution >= 4 is 35.5 Å². The van der Waals surface area contributed by atoms with E-state index in [2.05, 4.69) is 0 Å². The zero-order chi connectivity index (χ0) is 19.7. The van der Waals surface area contributed by atoms with Gasteiger partial charge in [0.05, 0.1) is 23.9 Å². The quantitative estimate of drug-likeness (QED) is 0.410. The molecule has 2 bridgehead atoms. The third kappa shape index (κ3) is 4.67. The molecule has 5 fully saturated rings. The highest BCUT2D eigenvalue weighted by atomic mass is 32.2. The lowest BCUT2D eigenvalue weighted by atomic mass is 9.86. The average Bonchev–Trinajstić information content (AvgIpc) is 3.48. The Labute approximate surface area is 176 Å². The average molecular weight is 429 g/mol. The Balaban J connectivity index is 1.27. The van der Waals surface area contributed by atoms with Crippen LogP contribution in [0.3, 0.4) is 0 Å². The number of carbonyl (C=O) groups is 2. The van der Waals surface area contributed by atoms with Crippen molar-refractivity contribution in [2.24, 2.45) is 17.3 Å². The van der Waals surface area contributed by atoms with Crippen LogP contribution in [0.1, 0.15) is 51.9 Å². The number of esters is 2. The van der Waals surface area contributed by atoms with Gasteiger partial charge in [0.2, 0.25) is 0 Å². The minimum absolute atomic E-state index is 0.0300. The van der Waals surface area contributed by atoms with Gasteiger partial charge in [-0.3, -0.25) is 9.59 Å². The number of carbonyl (C=O) groups excluding carboxylic acids is 2. The summed E-state index contributed by atoms with van der Waals surface area (Å²) < 4.78 is 16.9. The highest BCUT2D eigenvalue weighted by molar-refractivity contribution is 8.07. The predicted octanol–water partition coefficient (Wildman–Crippen LogP) is 3.68. The molecule has 5 aliphatic rings. The maximum absolute atomic E-state index is 12.6. The lowest BCUT2D eigenvalue weighted by Gasteiger charge is -2.43. The second-order valence-corrected chi connectivity index (χ2v) is 12.1. The summed E-state index contributed by atoms with van der Waals surface area (Å²) in [6, 6.07) is 0. The second kappa shape index (κ2) is 8.76. The highest BCUT2D eigenvalue weighted by Gasteiger charge is 2.46. The predicted molar refractivity (Wildman–Crippen MR) is 112 cm³/mol. The summed E-state index contributed by atoms with van der Waals surface area (Å²) in [6.07, 6.45) is 6.90. The van der Waals surface area contributed by atoms with Gasteiger partial charge in [-0.2, -0.15) is 23.5 Å². The molecule has 3 saturated heterocycles. The van der Waals surface area contributed by atoms with Gasteiger partial charge in [0, 0.05) is 28.1 Å². The normalized spacial score (nSPS) is 37.8. The van der Waals surface area contributed by atoms with Crippen LogP contribution in [-0.2, 0) is 23.8 Å². The van der Waals surface area contributed by atoms with Gasteiger partial charge in [-0.1, -0.05) is 6.92 Å². The fraction of sp³-hybridized carbons (Fsp3) is 0.905. The van der Waals surface area contributed by atoms with Crippen molar-refractivity contribution in [3.05, 3.63) is 0 Å². The number of fused-ring (bicyclic) bond motifs is 3. The molecule has 0 aromatic carbocycles. The third-order valence-electron chi connectivity index (χ3n) is 6.92. The molecular weight excluding hydrogens is 396 g/mol. The summed E-state index contributed by atoms with van der Waals surface area (Å²) in [4.78, 5) is 25.1. The Morgan fingerprint density at radius 1 is 0.857 bits per heavy atom. The molecule has 3 heterocycles. The molecule has 0 aromatic rings. The molecule has 2 aliphatic carbocycles. The van der Waals surface area contributed by atoms with Crippen LogP contribution in [-0.4, -0.2) is 59.9 Å². The maximum Gasteiger partial charge on any atom is 0.309 e. The van der Waals surface area contributed by atoms with Gasteiger partial charge in [0.15, 0.2) is 0 Å². The standard InChI is InChI=1S/C21H32O5S2/c1-3-21(10-24-2,11-25-19(22)13-4-5-17-18(8-13)28-17)12-26-20(23)14-6-15-9-16(7-14)27-15/h13-18H,3-12H2,1-2H3. The van der Waals surface area contributed by atoms with Crippen LogP contribution >= 0.6 is 23.5 Å². The van der Waals surface area contributed by atoms with Gasteiger partial charge in [-0.05, 0) is 44.9 Å². The summed E-state index contributed by atoms with van der Waals surface area (Å²) in [5.74, 6) is -0.104. The van der Waals surface area contributed by atoms with E-state index in [1.54, 1.807) is 7.11 Å². The van der Waals surface area contributed by atoms with E-state index in [9.17, 15) is 9.59 Å². The maximum atomic E-state index is 12.6. The van der Waals surface area contributed by atoms with Crippen LogP contribution in [0.15, 0.2) is 0 Å². The molecule has 6 atom stereocenters. The molecule has 5 rings (SSSR count).